The van der Waals surface area contributed by atoms with E-state index in [-0.39, 0.29) is 12.0 Å². The van der Waals surface area contributed by atoms with Crippen molar-refractivity contribution in [3.8, 4) is 0 Å². The van der Waals surface area contributed by atoms with Gasteiger partial charge in [0.1, 0.15) is 0 Å². The summed E-state index contributed by atoms with van der Waals surface area (Å²) in [4.78, 5) is 14.5. The minimum absolute atomic E-state index is 0.0301. The van der Waals surface area contributed by atoms with E-state index in [1.807, 2.05) is 17.0 Å². The Labute approximate surface area is 174 Å². The summed E-state index contributed by atoms with van der Waals surface area (Å²) < 4.78 is 32.9. The Morgan fingerprint density at radius 3 is 2.48 bits per heavy atom. The van der Waals surface area contributed by atoms with E-state index in [4.69, 9.17) is 4.74 Å². The molecule has 0 radical (unpaired) electrons. The maximum atomic E-state index is 12.9. The van der Waals surface area contributed by atoms with Crippen LogP contribution in [-0.4, -0.2) is 75.5 Å². The Kier molecular flexibility index (Phi) is 7.67. The Balaban J connectivity index is 1.48. The van der Waals surface area contributed by atoms with Crippen molar-refractivity contribution in [2.75, 3.05) is 45.9 Å². The van der Waals surface area contributed by atoms with Crippen LogP contribution in [0.4, 0.5) is 0 Å². The molecule has 1 N–H and O–H groups in total. The van der Waals surface area contributed by atoms with Crippen LogP contribution in [0.3, 0.4) is 0 Å². The van der Waals surface area contributed by atoms with Crippen LogP contribution in [0.15, 0.2) is 29.2 Å². The molecule has 0 aromatic heterocycles. The summed E-state index contributed by atoms with van der Waals surface area (Å²) in [5.74, 6) is 0.388. The molecule has 2 saturated heterocycles. The van der Waals surface area contributed by atoms with Crippen LogP contribution < -0.4 is 5.32 Å². The predicted molar refractivity (Wildman–Crippen MR) is 112 cm³/mol. The first-order chi connectivity index (χ1) is 13.9. The normalized spacial score (nSPS) is 22.5. The molecule has 0 saturated carbocycles. The van der Waals surface area contributed by atoms with Crippen molar-refractivity contribution < 1.29 is 17.9 Å². The van der Waals surface area contributed by atoms with Gasteiger partial charge in [0.15, 0.2) is 0 Å². The number of ether oxygens (including phenoxy) is 1. The molecule has 0 spiro atoms. The molecule has 2 fully saturated rings. The van der Waals surface area contributed by atoms with E-state index < -0.39 is 10.0 Å². The Morgan fingerprint density at radius 1 is 1.21 bits per heavy atom. The number of rotatable bonds is 8. The van der Waals surface area contributed by atoms with Gasteiger partial charge < -0.3 is 10.1 Å². The zero-order valence-electron chi connectivity index (χ0n) is 17.5. The SMILES string of the molecule is CC[C@@H](C)c1ccc(S(=O)(=O)N2CCN(CC(=O)NC[C@@H]3CCCO3)CC2)cc1. The fourth-order valence-corrected chi connectivity index (χ4v) is 5.20. The molecule has 1 aromatic rings. The highest BCUT2D eigenvalue weighted by Gasteiger charge is 2.29. The van der Waals surface area contributed by atoms with Gasteiger partial charge in [0, 0.05) is 39.3 Å². The predicted octanol–water partition coefficient (Wildman–Crippen LogP) is 1.80. The maximum absolute atomic E-state index is 12.9. The van der Waals surface area contributed by atoms with Crippen molar-refractivity contribution >= 4 is 15.9 Å². The topological polar surface area (TPSA) is 79.0 Å². The van der Waals surface area contributed by atoms with Gasteiger partial charge in [-0.05, 0) is 42.9 Å². The van der Waals surface area contributed by atoms with Gasteiger partial charge >= 0.3 is 0 Å². The summed E-state index contributed by atoms with van der Waals surface area (Å²) in [6, 6.07) is 7.24. The molecule has 0 unspecified atom stereocenters. The van der Waals surface area contributed by atoms with Gasteiger partial charge in [-0.25, -0.2) is 8.42 Å². The third kappa shape index (κ3) is 5.78. The van der Waals surface area contributed by atoms with E-state index in [2.05, 4.69) is 19.2 Å². The molecule has 2 aliphatic rings. The molecular weight excluding hydrogens is 390 g/mol. The molecular formula is C21H33N3O4S. The van der Waals surface area contributed by atoms with E-state index in [1.54, 1.807) is 12.1 Å². The second kappa shape index (κ2) is 10.0. The lowest BCUT2D eigenvalue weighted by Crippen LogP contribution is -2.51. The first-order valence-corrected chi connectivity index (χ1v) is 12.0. The van der Waals surface area contributed by atoms with Gasteiger partial charge in [-0.3, -0.25) is 9.69 Å². The average Bonchev–Trinajstić information content (AvgIpc) is 3.26. The number of carbonyl (C=O) groups excluding carboxylic acids is 1. The van der Waals surface area contributed by atoms with Crippen molar-refractivity contribution in [1.29, 1.82) is 0 Å². The molecule has 7 nitrogen and oxygen atoms in total. The Hall–Kier alpha value is -1.48. The second-order valence-corrected chi connectivity index (χ2v) is 9.94. The van der Waals surface area contributed by atoms with Crippen molar-refractivity contribution in [1.82, 2.24) is 14.5 Å². The van der Waals surface area contributed by atoms with E-state index >= 15 is 0 Å². The summed E-state index contributed by atoms with van der Waals surface area (Å²) >= 11 is 0. The number of nitrogens with one attached hydrogen (secondary N) is 1. The number of amides is 1. The highest BCUT2D eigenvalue weighted by molar-refractivity contribution is 7.89. The van der Waals surface area contributed by atoms with Crippen molar-refractivity contribution in [2.24, 2.45) is 0 Å². The Morgan fingerprint density at radius 2 is 1.90 bits per heavy atom. The summed E-state index contributed by atoms with van der Waals surface area (Å²) in [7, 11) is -3.49. The van der Waals surface area contributed by atoms with Gasteiger partial charge in [0.2, 0.25) is 15.9 Å². The van der Waals surface area contributed by atoms with Gasteiger partial charge in [-0.2, -0.15) is 4.31 Å². The minimum atomic E-state index is -3.49. The number of hydrogen-bond donors (Lipinski definition) is 1. The summed E-state index contributed by atoms with van der Waals surface area (Å²) in [6.45, 7) is 7.79. The third-order valence-electron chi connectivity index (χ3n) is 5.95. The lowest BCUT2D eigenvalue weighted by Gasteiger charge is -2.33. The van der Waals surface area contributed by atoms with Crippen LogP contribution in [0.2, 0.25) is 0 Å². The maximum Gasteiger partial charge on any atom is 0.243 e. The zero-order chi connectivity index (χ0) is 20.9. The second-order valence-electron chi connectivity index (χ2n) is 8.00. The molecule has 29 heavy (non-hydrogen) atoms. The Bertz CT molecular complexity index is 768. The molecule has 1 amide bonds. The number of carbonyl (C=O) groups is 1. The molecule has 3 rings (SSSR count). The quantitative estimate of drug-likeness (QED) is 0.690. The molecule has 1 aromatic carbocycles. The van der Waals surface area contributed by atoms with Crippen molar-refractivity contribution in [3.63, 3.8) is 0 Å². The fraction of sp³-hybridized carbons (Fsp3) is 0.667. The highest BCUT2D eigenvalue weighted by Crippen LogP contribution is 2.23. The van der Waals surface area contributed by atoms with Gasteiger partial charge in [0.05, 0.1) is 17.5 Å². The minimum Gasteiger partial charge on any atom is -0.376 e. The fourth-order valence-electron chi connectivity index (χ4n) is 3.77. The first-order valence-electron chi connectivity index (χ1n) is 10.6. The van der Waals surface area contributed by atoms with E-state index in [9.17, 15) is 13.2 Å². The largest absolute Gasteiger partial charge is 0.376 e. The number of sulfonamides is 1. The molecule has 162 valence electrons. The highest BCUT2D eigenvalue weighted by atomic mass is 32.2. The van der Waals surface area contributed by atoms with E-state index in [1.165, 1.54) is 4.31 Å². The van der Waals surface area contributed by atoms with Crippen LogP contribution in [0.1, 0.15) is 44.6 Å². The monoisotopic (exact) mass is 423 g/mol. The van der Waals surface area contributed by atoms with Gasteiger partial charge in [-0.1, -0.05) is 26.0 Å². The summed E-state index contributed by atoms with van der Waals surface area (Å²) in [5, 5.41) is 2.92. The van der Waals surface area contributed by atoms with Gasteiger partial charge in [-0.15, -0.1) is 0 Å². The average molecular weight is 424 g/mol. The zero-order valence-corrected chi connectivity index (χ0v) is 18.3. The molecule has 0 bridgehead atoms. The number of benzene rings is 1. The van der Waals surface area contributed by atoms with Crippen LogP contribution in [-0.2, 0) is 19.6 Å². The number of piperazine rings is 1. The smallest absolute Gasteiger partial charge is 0.243 e. The molecule has 0 aliphatic carbocycles. The van der Waals surface area contributed by atoms with Crippen LogP contribution in [0.5, 0.6) is 0 Å². The molecule has 8 heteroatoms. The lowest BCUT2D eigenvalue weighted by molar-refractivity contribution is -0.123. The van der Waals surface area contributed by atoms with Gasteiger partial charge in [0.25, 0.3) is 0 Å². The standard InChI is InChI=1S/C21H33N3O4S/c1-3-17(2)18-6-8-20(9-7-18)29(26,27)24-12-10-23(11-13-24)16-21(25)22-15-19-5-4-14-28-19/h6-9,17,19H,3-5,10-16H2,1-2H3,(H,22,25)/t17-,19+/m1/s1. The number of hydrogen-bond acceptors (Lipinski definition) is 5. The molecule has 2 heterocycles. The molecule has 2 atom stereocenters. The third-order valence-corrected chi connectivity index (χ3v) is 7.86. The molecule has 2 aliphatic heterocycles. The van der Waals surface area contributed by atoms with Crippen molar-refractivity contribution in [3.05, 3.63) is 29.8 Å². The number of nitrogens with zero attached hydrogens (tertiary/aromatic N) is 2. The van der Waals surface area contributed by atoms with E-state index in [0.717, 1.165) is 31.4 Å². The van der Waals surface area contributed by atoms with Crippen LogP contribution >= 0.6 is 0 Å². The summed E-state index contributed by atoms with van der Waals surface area (Å²) in [5.41, 5.74) is 1.16. The summed E-state index contributed by atoms with van der Waals surface area (Å²) in [6.07, 6.45) is 3.20. The first kappa shape index (κ1) is 22.2. The lowest BCUT2D eigenvalue weighted by atomic mass is 9.99. The van der Waals surface area contributed by atoms with Crippen LogP contribution in [0, 0.1) is 0 Å². The van der Waals surface area contributed by atoms with E-state index in [0.29, 0.717) is 50.1 Å². The van der Waals surface area contributed by atoms with Crippen LogP contribution in [0.25, 0.3) is 0 Å². The van der Waals surface area contributed by atoms with Crippen molar-refractivity contribution in [2.45, 2.75) is 50.0 Å².